The molecule has 1 aliphatic heterocycles. The first-order chi connectivity index (χ1) is 11.5. The van der Waals surface area contributed by atoms with Crippen molar-refractivity contribution >= 4 is 33.0 Å². The van der Waals surface area contributed by atoms with E-state index in [2.05, 4.69) is 10.0 Å². The molecule has 0 bridgehead atoms. The average Bonchev–Trinajstić information content (AvgIpc) is 3.26. The molecule has 6 nitrogen and oxygen atoms in total. The minimum absolute atomic E-state index is 0.110. The number of sulfonamides is 1. The van der Waals surface area contributed by atoms with E-state index in [1.54, 1.807) is 53.7 Å². The zero-order chi connectivity index (χ0) is 17.2. The van der Waals surface area contributed by atoms with E-state index in [1.165, 1.54) is 0 Å². The lowest BCUT2D eigenvalue weighted by atomic mass is 10.1. The molecule has 0 spiro atoms. The summed E-state index contributed by atoms with van der Waals surface area (Å²) in [4.78, 5) is 14.3. The van der Waals surface area contributed by atoms with Crippen LogP contribution in [0, 0.1) is 0 Å². The number of benzene rings is 1. The van der Waals surface area contributed by atoms with Crippen molar-refractivity contribution in [3.63, 3.8) is 0 Å². The Morgan fingerprint density at radius 3 is 2.83 bits per heavy atom. The highest BCUT2D eigenvalue weighted by Crippen LogP contribution is 2.21. The van der Waals surface area contributed by atoms with Crippen molar-refractivity contribution in [3.05, 3.63) is 47.3 Å². The first-order valence-corrected chi connectivity index (χ1v) is 9.98. The maximum absolute atomic E-state index is 12.6. The molecule has 2 aromatic rings. The SMILES string of the molecule is CN(C(=O)c1cccc(NS(=O)(=O)c2cccs2)c1)C1CCNC1. The molecule has 0 aliphatic carbocycles. The summed E-state index contributed by atoms with van der Waals surface area (Å²) >= 11 is 1.15. The van der Waals surface area contributed by atoms with Crippen molar-refractivity contribution in [1.82, 2.24) is 10.2 Å². The van der Waals surface area contributed by atoms with Crippen molar-refractivity contribution in [2.24, 2.45) is 0 Å². The van der Waals surface area contributed by atoms with Crippen molar-refractivity contribution in [1.29, 1.82) is 0 Å². The lowest BCUT2D eigenvalue weighted by Crippen LogP contribution is -2.38. The van der Waals surface area contributed by atoms with Gasteiger partial charge in [-0.2, -0.15) is 0 Å². The predicted molar refractivity (Wildman–Crippen MR) is 94.9 cm³/mol. The predicted octanol–water partition coefficient (Wildman–Crippen LogP) is 1.98. The quantitative estimate of drug-likeness (QED) is 0.849. The third kappa shape index (κ3) is 3.61. The van der Waals surface area contributed by atoms with E-state index in [0.29, 0.717) is 11.3 Å². The minimum atomic E-state index is -3.61. The number of nitrogens with zero attached hydrogens (tertiary/aromatic N) is 1. The Labute approximate surface area is 145 Å². The standard InChI is InChI=1S/C16H19N3O3S2/c1-19(14-7-8-17-11-14)16(20)12-4-2-5-13(10-12)18-24(21,22)15-6-3-9-23-15/h2-6,9-10,14,17-18H,7-8,11H2,1H3. The normalized spacial score (nSPS) is 17.6. The van der Waals surface area contributed by atoms with Gasteiger partial charge in [0.25, 0.3) is 15.9 Å². The van der Waals surface area contributed by atoms with Crippen LogP contribution in [-0.2, 0) is 10.0 Å². The summed E-state index contributed by atoms with van der Waals surface area (Å²) in [6, 6.07) is 9.99. The summed E-state index contributed by atoms with van der Waals surface area (Å²) in [6.07, 6.45) is 0.924. The first-order valence-electron chi connectivity index (χ1n) is 7.61. The molecule has 1 amide bonds. The minimum Gasteiger partial charge on any atom is -0.337 e. The molecule has 0 saturated carbocycles. The van der Waals surface area contributed by atoms with Gasteiger partial charge in [0.15, 0.2) is 0 Å². The first kappa shape index (κ1) is 16.9. The Kier molecular flexibility index (Phi) is 4.88. The third-order valence-corrected chi connectivity index (χ3v) is 6.80. The summed E-state index contributed by atoms with van der Waals surface area (Å²) < 4.78 is 27.3. The van der Waals surface area contributed by atoms with Crippen LogP contribution in [0.4, 0.5) is 5.69 Å². The number of carbonyl (C=O) groups is 1. The molecule has 2 heterocycles. The average molecular weight is 365 g/mol. The smallest absolute Gasteiger partial charge is 0.271 e. The molecule has 24 heavy (non-hydrogen) atoms. The summed E-state index contributed by atoms with van der Waals surface area (Å²) in [7, 11) is -1.83. The van der Waals surface area contributed by atoms with Crippen LogP contribution in [0.15, 0.2) is 46.0 Å². The summed E-state index contributed by atoms with van der Waals surface area (Å²) in [5, 5.41) is 4.94. The van der Waals surface area contributed by atoms with E-state index >= 15 is 0 Å². The van der Waals surface area contributed by atoms with Gasteiger partial charge in [0.05, 0.1) is 0 Å². The van der Waals surface area contributed by atoms with Crippen LogP contribution in [0.5, 0.6) is 0 Å². The van der Waals surface area contributed by atoms with Gasteiger partial charge in [-0.1, -0.05) is 12.1 Å². The number of amides is 1. The van der Waals surface area contributed by atoms with E-state index in [1.807, 2.05) is 0 Å². The molecule has 1 aliphatic rings. The number of hydrogen-bond acceptors (Lipinski definition) is 5. The van der Waals surface area contributed by atoms with Gasteiger partial charge in [0.1, 0.15) is 4.21 Å². The van der Waals surface area contributed by atoms with E-state index in [9.17, 15) is 13.2 Å². The largest absolute Gasteiger partial charge is 0.337 e. The third-order valence-electron chi connectivity index (χ3n) is 4.02. The molecular weight excluding hydrogens is 346 g/mol. The zero-order valence-electron chi connectivity index (χ0n) is 13.2. The Balaban J connectivity index is 1.78. The fraction of sp³-hybridized carbons (Fsp3) is 0.312. The highest BCUT2D eigenvalue weighted by atomic mass is 32.2. The number of carbonyl (C=O) groups excluding carboxylic acids is 1. The molecule has 128 valence electrons. The van der Waals surface area contributed by atoms with Gasteiger partial charge in [-0.3, -0.25) is 9.52 Å². The van der Waals surface area contributed by atoms with Crippen LogP contribution in [0.25, 0.3) is 0 Å². The molecule has 1 saturated heterocycles. The number of anilines is 1. The molecule has 3 rings (SSSR count). The van der Waals surface area contributed by atoms with Gasteiger partial charge in [0.2, 0.25) is 0 Å². The van der Waals surface area contributed by atoms with Gasteiger partial charge in [-0.25, -0.2) is 8.42 Å². The van der Waals surface area contributed by atoms with Gasteiger partial charge in [0, 0.05) is 30.9 Å². The summed E-state index contributed by atoms with van der Waals surface area (Å²) in [5.74, 6) is -0.110. The number of nitrogens with one attached hydrogen (secondary N) is 2. The van der Waals surface area contributed by atoms with E-state index in [-0.39, 0.29) is 16.2 Å². The number of hydrogen-bond donors (Lipinski definition) is 2. The Morgan fingerprint density at radius 1 is 1.33 bits per heavy atom. The fourth-order valence-electron chi connectivity index (χ4n) is 2.68. The lowest BCUT2D eigenvalue weighted by molar-refractivity contribution is 0.0744. The van der Waals surface area contributed by atoms with Crippen LogP contribution in [0.3, 0.4) is 0 Å². The van der Waals surface area contributed by atoms with E-state index in [0.717, 1.165) is 30.8 Å². The van der Waals surface area contributed by atoms with Crippen LogP contribution >= 0.6 is 11.3 Å². The maximum Gasteiger partial charge on any atom is 0.271 e. The highest BCUT2D eigenvalue weighted by molar-refractivity contribution is 7.94. The Bertz CT molecular complexity index is 813. The molecule has 1 atom stereocenters. The maximum atomic E-state index is 12.6. The van der Waals surface area contributed by atoms with Crippen LogP contribution < -0.4 is 10.0 Å². The molecule has 1 aromatic carbocycles. The molecule has 0 radical (unpaired) electrons. The Hall–Kier alpha value is -1.90. The molecule has 1 aromatic heterocycles. The van der Waals surface area contributed by atoms with Crippen LogP contribution in [-0.4, -0.2) is 45.4 Å². The summed E-state index contributed by atoms with van der Waals surface area (Å²) in [5.41, 5.74) is 0.850. The monoisotopic (exact) mass is 365 g/mol. The molecule has 8 heteroatoms. The van der Waals surface area contributed by atoms with Crippen molar-refractivity contribution < 1.29 is 13.2 Å². The molecular formula is C16H19N3O3S2. The number of thiophene rings is 1. The van der Waals surface area contributed by atoms with E-state index < -0.39 is 10.0 Å². The van der Waals surface area contributed by atoms with E-state index in [4.69, 9.17) is 0 Å². The van der Waals surface area contributed by atoms with Crippen molar-refractivity contribution in [2.45, 2.75) is 16.7 Å². The van der Waals surface area contributed by atoms with Gasteiger partial charge >= 0.3 is 0 Å². The molecule has 2 N–H and O–H groups in total. The topological polar surface area (TPSA) is 78.5 Å². The van der Waals surface area contributed by atoms with Gasteiger partial charge in [-0.05, 0) is 42.6 Å². The number of likely N-dealkylation sites (N-methyl/N-ethyl adjacent to an activating group) is 1. The molecule has 1 fully saturated rings. The highest BCUT2D eigenvalue weighted by Gasteiger charge is 2.24. The zero-order valence-corrected chi connectivity index (χ0v) is 14.9. The van der Waals surface area contributed by atoms with Crippen LogP contribution in [0.1, 0.15) is 16.8 Å². The van der Waals surface area contributed by atoms with Gasteiger partial charge < -0.3 is 10.2 Å². The number of rotatable bonds is 5. The lowest BCUT2D eigenvalue weighted by Gasteiger charge is -2.24. The van der Waals surface area contributed by atoms with Gasteiger partial charge in [-0.15, -0.1) is 11.3 Å². The Morgan fingerprint density at radius 2 is 2.17 bits per heavy atom. The van der Waals surface area contributed by atoms with Crippen molar-refractivity contribution in [2.75, 3.05) is 24.9 Å². The second-order valence-corrected chi connectivity index (χ2v) is 8.54. The second-order valence-electron chi connectivity index (χ2n) is 5.68. The van der Waals surface area contributed by atoms with Crippen molar-refractivity contribution in [3.8, 4) is 0 Å². The fourth-order valence-corrected chi connectivity index (χ4v) is 4.72. The summed E-state index contributed by atoms with van der Waals surface area (Å²) in [6.45, 7) is 1.69. The molecule has 1 unspecified atom stereocenters. The van der Waals surface area contributed by atoms with Crippen LogP contribution in [0.2, 0.25) is 0 Å². The second kappa shape index (κ2) is 6.92.